The lowest BCUT2D eigenvalue weighted by atomic mass is 10.2. The summed E-state index contributed by atoms with van der Waals surface area (Å²) in [5.74, 6) is -0.287. The van der Waals surface area contributed by atoms with Crippen LogP contribution in [0.25, 0.3) is 0 Å². The molecule has 2 rings (SSSR count). The molecule has 0 aromatic heterocycles. The Labute approximate surface area is 69.6 Å². The van der Waals surface area contributed by atoms with Gasteiger partial charge in [-0.05, 0) is 6.42 Å². The maximum absolute atomic E-state index is 11.3. The third kappa shape index (κ3) is 0.714. The van der Waals surface area contributed by atoms with E-state index in [2.05, 4.69) is 0 Å². The number of fused-ring (bicyclic) bond motifs is 1. The highest BCUT2D eigenvalue weighted by Gasteiger charge is 2.50. The highest BCUT2D eigenvalue weighted by atomic mass is 16.3. The molecule has 2 saturated heterocycles. The summed E-state index contributed by atoms with van der Waals surface area (Å²) in [6.07, 6.45) is -0.165. The van der Waals surface area contributed by atoms with E-state index in [1.165, 1.54) is 11.9 Å². The molecule has 2 aliphatic rings. The van der Waals surface area contributed by atoms with Crippen LogP contribution in [0.15, 0.2) is 0 Å². The topological polar surface area (TPSA) is 60.9 Å². The number of imide groups is 1. The number of carbonyl (C=O) groups is 2. The molecule has 0 unspecified atom stereocenters. The van der Waals surface area contributed by atoms with Crippen LogP contribution in [0, 0.1) is 0 Å². The predicted molar refractivity (Wildman–Crippen MR) is 39.3 cm³/mol. The fourth-order valence-corrected chi connectivity index (χ4v) is 1.77. The second-order valence-electron chi connectivity index (χ2n) is 3.17. The summed E-state index contributed by atoms with van der Waals surface area (Å²) in [4.78, 5) is 25.1. The van der Waals surface area contributed by atoms with Crippen molar-refractivity contribution in [2.24, 2.45) is 0 Å². The lowest BCUT2D eigenvalue weighted by molar-refractivity contribution is -0.129. The maximum Gasteiger partial charge on any atom is 0.327 e. The average molecular weight is 170 g/mol. The van der Waals surface area contributed by atoms with Gasteiger partial charge in [0.15, 0.2) is 0 Å². The van der Waals surface area contributed by atoms with Crippen LogP contribution in [0.3, 0.4) is 0 Å². The highest BCUT2D eigenvalue weighted by molar-refractivity contribution is 6.04. The lowest BCUT2D eigenvalue weighted by Crippen LogP contribution is -2.35. The summed E-state index contributed by atoms with van der Waals surface area (Å²) < 4.78 is 0. The van der Waals surface area contributed by atoms with Crippen LogP contribution in [0.5, 0.6) is 0 Å². The summed E-state index contributed by atoms with van der Waals surface area (Å²) >= 11 is 0. The van der Waals surface area contributed by atoms with Gasteiger partial charge in [0, 0.05) is 13.6 Å². The molecule has 2 aliphatic heterocycles. The standard InChI is InChI=1S/C7H10N2O3/c1-8-6(11)5-4(10)2-3-9(5)7(8)12/h4-5,10H,2-3H2,1H3/t4-,5+/m1/s1. The fourth-order valence-electron chi connectivity index (χ4n) is 1.77. The van der Waals surface area contributed by atoms with E-state index < -0.39 is 12.1 Å². The molecular weight excluding hydrogens is 160 g/mol. The summed E-state index contributed by atoms with van der Waals surface area (Å²) in [5, 5.41) is 9.36. The van der Waals surface area contributed by atoms with Gasteiger partial charge in [-0.15, -0.1) is 0 Å². The number of aliphatic hydroxyl groups is 1. The van der Waals surface area contributed by atoms with E-state index in [4.69, 9.17) is 0 Å². The first-order valence-electron chi connectivity index (χ1n) is 3.89. The molecule has 66 valence electrons. The molecule has 0 aliphatic carbocycles. The van der Waals surface area contributed by atoms with E-state index in [1.807, 2.05) is 0 Å². The van der Waals surface area contributed by atoms with E-state index >= 15 is 0 Å². The molecule has 0 spiro atoms. The van der Waals surface area contributed by atoms with Crippen molar-refractivity contribution in [1.29, 1.82) is 0 Å². The molecule has 2 atom stereocenters. The Morgan fingerprint density at radius 2 is 2.17 bits per heavy atom. The molecule has 5 heteroatoms. The van der Waals surface area contributed by atoms with Gasteiger partial charge in [0.25, 0.3) is 5.91 Å². The van der Waals surface area contributed by atoms with Crippen molar-refractivity contribution in [3.63, 3.8) is 0 Å². The second-order valence-corrected chi connectivity index (χ2v) is 3.17. The molecule has 1 N–H and O–H groups in total. The zero-order valence-electron chi connectivity index (χ0n) is 6.73. The molecule has 0 radical (unpaired) electrons. The van der Waals surface area contributed by atoms with Crippen molar-refractivity contribution < 1.29 is 14.7 Å². The van der Waals surface area contributed by atoms with Crippen LogP contribution in [-0.2, 0) is 4.79 Å². The average Bonchev–Trinajstić information content (AvgIpc) is 2.51. The van der Waals surface area contributed by atoms with Gasteiger partial charge < -0.3 is 10.0 Å². The first-order valence-corrected chi connectivity index (χ1v) is 3.89. The minimum atomic E-state index is -0.675. The van der Waals surface area contributed by atoms with Crippen LogP contribution < -0.4 is 0 Å². The number of nitrogens with zero attached hydrogens (tertiary/aromatic N) is 2. The number of likely N-dealkylation sites (N-methyl/N-ethyl adjacent to an activating group) is 1. The van der Waals surface area contributed by atoms with Gasteiger partial charge in [0.05, 0.1) is 6.10 Å². The normalized spacial score (nSPS) is 34.8. The number of aliphatic hydroxyl groups excluding tert-OH is 1. The summed E-state index contributed by atoms with van der Waals surface area (Å²) in [7, 11) is 1.44. The summed E-state index contributed by atoms with van der Waals surface area (Å²) in [6, 6.07) is -0.899. The molecule has 12 heavy (non-hydrogen) atoms. The smallest absolute Gasteiger partial charge is 0.327 e. The number of hydrogen-bond donors (Lipinski definition) is 1. The molecule has 0 aromatic carbocycles. The van der Waals surface area contributed by atoms with Crippen molar-refractivity contribution in [3.8, 4) is 0 Å². The number of urea groups is 1. The first-order chi connectivity index (χ1) is 5.63. The third-order valence-electron chi connectivity index (χ3n) is 2.48. The largest absolute Gasteiger partial charge is 0.390 e. The number of rotatable bonds is 0. The van der Waals surface area contributed by atoms with Gasteiger partial charge in [-0.25, -0.2) is 4.79 Å². The molecule has 5 nitrogen and oxygen atoms in total. The Morgan fingerprint density at radius 1 is 1.50 bits per heavy atom. The van der Waals surface area contributed by atoms with Gasteiger partial charge in [0.2, 0.25) is 0 Å². The monoisotopic (exact) mass is 170 g/mol. The van der Waals surface area contributed by atoms with Gasteiger partial charge in [0.1, 0.15) is 6.04 Å². The summed E-state index contributed by atoms with van der Waals surface area (Å²) in [6.45, 7) is 0.487. The lowest BCUT2D eigenvalue weighted by Gasteiger charge is -2.11. The minimum absolute atomic E-state index is 0.287. The van der Waals surface area contributed by atoms with Crippen LogP contribution in [0.2, 0.25) is 0 Å². The van der Waals surface area contributed by atoms with E-state index in [0.29, 0.717) is 13.0 Å². The molecule has 0 bridgehead atoms. The number of amides is 3. The molecule has 2 fully saturated rings. The van der Waals surface area contributed by atoms with E-state index in [0.717, 1.165) is 4.90 Å². The van der Waals surface area contributed by atoms with Gasteiger partial charge in [-0.1, -0.05) is 0 Å². The Hall–Kier alpha value is -1.10. The Balaban J connectivity index is 2.32. The zero-order valence-corrected chi connectivity index (χ0v) is 6.73. The Morgan fingerprint density at radius 3 is 2.75 bits per heavy atom. The highest BCUT2D eigenvalue weighted by Crippen LogP contribution is 2.26. The van der Waals surface area contributed by atoms with Gasteiger partial charge in [-0.3, -0.25) is 9.69 Å². The Bertz CT molecular complexity index is 253. The summed E-state index contributed by atoms with van der Waals surface area (Å²) in [5.41, 5.74) is 0. The molecule has 0 saturated carbocycles. The SMILES string of the molecule is CN1C(=O)[C@@H]2[C@H](O)CCN2C1=O. The third-order valence-corrected chi connectivity index (χ3v) is 2.48. The fraction of sp³-hybridized carbons (Fsp3) is 0.714. The predicted octanol–water partition coefficient (Wildman–Crippen LogP) is -0.986. The van der Waals surface area contributed by atoms with E-state index in [-0.39, 0.29) is 11.9 Å². The first kappa shape index (κ1) is 7.54. The van der Waals surface area contributed by atoms with Gasteiger partial charge in [-0.2, -0.15) is 0 Å². The van der Waals surface area contributed by atoms with E-state index in [9.17, 15) is 14.7 Å². The van der Waals surface area contributed by atoms with Crippen LogP contribution in [-0.4, -0.2) is 52.6 Å². The van der Waals surface area contributed by atoms with E-state index in [1.54, 1.807) is 0 Å². The second kappa shape index (κ2) is 2.20. The molecule has 2 heterocycles. The van der Waals surface area contributed by atoms with Crippen molar-refractivity contribution in [1.82, 2.24) is 9.80 Å². The number of hydrogen-bond acceptors (Lipinski definition) is 3. The van der Waals surface area contributed by atoms with Crippen molar-refractivity contribution in [3.05, 3.63) is 0 Å². The van der Waals surface area contributed by atoms with Crippen molar-refractivity contribution >= 4 is 11.9 Å². The Kier molecular flexibility index (Phi) is 1.38. The van der Waals surface area contributed by atoms with Crippen LogP contribution >= 0.6 is 0 Å². The quantitative estimate of drug-likeness (QED) is 0.475. The minimum Gasteiger partial charge on any atom is -0.390 e. The number of carbonyl (C=O) groups excluding carboxylic acids is 2. The van der Waals surface area contributed by atoms with Gasteiger partial charge >= 0.3 is 6.03 Å². The maximum atomic E-state index is 11.3. The van der Waals surface area contributed by atoms with Crippen LogP contribution in [0.1, 0.15) is 6.42 Å². The molecule has 0 aromatic rings. The van der Waals surface area contributed by atoms with Crippen molar-refractivity contribution in [2.45, 2.75) is 18.6 Å². The van der Waals surface area contributed by atoms with Crippen LogP contribution in [0.4, 0.5) is 4.79 Å². The zero-order chi connectivity index (χ0) is 8.88. The van der Waals surface area contributed by atoms with Crippen molar-refractivity contribution in [2.75, 3.05) is 13.6 Å². The molecule has 3 amide bonds. The molecular formula is C7H10N2O3.